The quantitative estimate of drug-likeness (QED) is 0.387. The average Bonchev–Trinajstić information content (AvgIpc) is 2.54. The van der Waals surface area contributed by atoms with Crippen molar-refractivity contribution in [2.24, 2.45) is 0 Å². The number of hydrogen-bond donors (Lipinski definition) is 0. The molecule has 0 radical (unpaired) electrons. The third kappa shape index (κ3) is 119. The molecular formula is C12H14O5W. The maximum absolute atomic E-state index is 7.50. The van der Waals surface area contributed by atoms with E-state index in [4.69, 9.17) is 23.3 Å². The van der Waals surface area contributed by atoms with Crippen LogP contribution >= 0.6 is 0 Å². The first-order valence-corrected chi connectivity index (χ1v) is 5.27. The van der Waals surface area contributed by atoms with Crippen LogP contribution in [0.5, 0.6) is 0 Å². The predicted octanol–water partition coefficient (Wildman–Crippen LogP) is 1.93. The summed E-state index contributed by atoms with van der Waals surface area (Å²) in [5.74, 6) is 0. The van der Waals surface area contributed by atoms with Crippen LogP contribution in [0.15, 0.2) is 25.8 Å². The van der Waals surface area contributed by atoms with Gasteiger partial charge in [-0.05, 0) is 0 Å². The fraction of sp³-hybridized carbons (Fsp3) is 0.250. The van der Waals surface area contributed by atoms with Crippen LogP contribution in [0.2, 0.25) is 0 Å². The van der Waals surface area contributed by atoms with E-state index in [-0.39, 0.29) is 0 Å². The minimum absolute atomic E-state index is 1.03. The van der Waals surface area contributed by atoms with Crippen molar-refractivity contribution in [3.8, 4) is 0 Å². The molecule has 0 aromatic carbocycles. The van der Waals surface area contributed by atoms with E-state index in [0.717, 1.165) is 16.9 Å². The van der Waals surface area contributed by atoms with Crippen LogP contribution in [0, 0.1) is 26.6 Å². The summed E-state index contributed by atoms with van der Waals surface area (Å²) < 4.78 is 36.1. The number of hydrogen-bond acceptors (Lipinski definition) is 1. The van der Waals surface area contributed by atoms with Gasteiger partial charge in [0.25, 0.3) is 0 Å². The Labute approximate surface area is 119 Å². The SMILES string of the molecule is C=C.C=CCC[C](=[W])OC.[C-]#[O+].[C-]#[O+].[C-]#[O+].[C-]#[O+]. The van der Waals surface area contributed by atoms with Crippen molar-refractivity contribution >= 4 is 4.08 Å². The number of rotatable bonds is 4. The molecule has 0 atom stereocenters. The Morgan fingerprint density at radius 3 is 1.50 bits per heavy atom. The summed E-state index contributed by atoms with van der Waals surface area (Å²) in [5, 5.41) is 0. The van der Waals surface area contributed by atoms with Gasteiger partial charge in [0.05, 0.1) is 0 Å². The molecule has 0 saturated heterocycles. The molecule has 0 aromatic heterocycles. The molecule has 0 amide bonds. The maximum atomic E-state index is 7.50. The second-order valence-electron chi connectivity index (χ2n) is 1.40. The van der Waals surface area contributed by atoms with E-state index >= 15 is 0 Å². The van der Waals surface area contributed by atoms with E-state index in [1.807, 2.05) is 6.08 Å². The summed E-state index contributed by atoms with van der Waals surface area (Å²) in [6, 6.07) is 0. The summed E-state index contributed by atoms with van der Waals surface area (Å²) in [5.41, 5.74) is 0. The summed E-state index contributed by atoms with van der Waals surface area (Å²) >= 11 is 1.42. The fourth-order valence-electron chi connectivity index (χ4n) is 0.322. The molecular weight excluding hydrogens is 408 g/mol. The molecule has 0 unspecified atom stereocenters. The molecule has 0 aliphatic carbocycles. The van der Waals surface area contributed by atoms with E-state index in [9.17, 15) is 0 Å². The zero-order chi connectivity index (χ0) is 16.4. The van der Waals surface area contributed by atoms with Gasteiger partial charge in [0, 0.05) is 0 Å². The molecule has 0 aromatic rings. The van der Waals surface area contributed by atoms with Crippen molar-refractivity contribution in [3.63, 3.8) is 0 Å². The van der Waals surface area contributed by atoms with Crippen LogP contribution in [0.25, 0.3) is 0 Å². The minimum atomic E-state index is 1.03. The van der Waals surface area contributed by atoms with Gasteiger partial charge in [-0.15, -0.1) is 13.2 Å². The molecule has 0 saturated carbocycles. The van der Waals surface area contributed by atoms with Crippen molar-refractivity contribution in [2.45, 2.75) is 12.8 Å². The zero-order valence-corrected chi connectivity index (χ0v) is 13.0. The molecule has 0 aliphatic rings. The molecule has 0 N–H and O–H groups in total. The van der Waals surface area contributed by atoms with Gasteiger partial charge in [-0.25, -0.2) is 0 Å². The van der Waals surface area contributed by atoms with Crippen LogP contribution in [-0.4, -0.2) is 11.2 Å². The van der Waals surface area contributed by atoms with Gasteiger partial charge in [-0.3, -0.25) is 0 Å². The summed E-state index contributed by atoms with van der Waals surface area (Å²) in [4.78, 5) is 0. The van der Waals surface area contributed by atoms with Gasteiger partial charge >= 0.3 is 106 Å². The normalized spacial score (nSPS) is 4.50. The molecule has 18 heavy (non-hydrogen) atoms. The molecule has 5 nitrogen and oxygen atoms in total. The van der Waals surface area contributed by atoms with Crippen LogP contribution in [0.1, 0.15) is 12.8 Å². The fourth-order valence-corrected chi connectivity index (χ4v) is 0.745. The number of ether oxygens (including phenoxy) is 1. The standard InChI is InChI=1S/C6H10O.C2H4.4CO.W/c1-3-4-5-6-7-2;5*1-2;/h3H,1,4-5H2,2H3;1-2H2;;;;;. The van der Waals surface area contributed by atoms with Crippen molar-refractivity contribution in [3.05, 3.63) is 52.4 Å². The van der Waals surface area contributed by atoms with Crippen molar-refractivity contribution in [2.75, 3.05) is 7.11 Å². The molecule has 98 valence electrons. The number of methoxy groups -OCH3 is 1. The van der Waals surface area contributed by atoms with E-state index in [2.05, 4.69) is 46.3 Å². The van der Waals surface area contributed by atoms with Gasteiger partial charge < -0.3 is 0 Å². The van der Waals surface area contributed by atoms with E-state index < -0.39 is 0 Å². The van der Waals surface area contributed by atoms with Crippen molar-refractivity contribution in [1.29, 1.82) is 0 Å². The third-order valence-electron chi connectivity index (χ3n) is 0.780. The second-order valence-corrected chi connectivity index (χ2v) is 3.04. The Balaban J connectivity index is -0.0000000304. The molecule has 6 heteroatoms. The number of allylic oxidation sites excluding steroid dienone is 1. The van der Waals surface area contributed by atoms with E-state index in [1.54, 1.807) is 7.11 Å². The first kappa shape index (κ1) is 36.0. The van der Waals surface area contributed by atoms with Crippen LogP contribution in [-0.2, 0) is 42.7 Å². The summed E-state index contributed by atoms with van der Waals surface area (Å²) in [7, 11) is 1.71. The van der Waals surface area contributed by atoms with Crippen LogP contribution in [0.3, 0.4) is 0 Å². The molecule has 0 fully saturated rings. The average molecular weight is 422 g/mol. The monoisotopic (exact) mass is 422 g/mol. The third-order valence-corrected chi connectivity index (χ3v) is 2.11. The van der Waals surface area contributed by atoms with E-state index in [1.165, 1.54) is 19.4 Å². The van der Waals surface area contributed by atoms with Gasteiger partial charge in [-0.1, -0.05) is 0 Å². The zero-order valence-electron chi connectivity index (χ0n) is 10.1. The van der Waals surface area contributed by atoms with E-state index in [0.29, 0.717) is 0 Å². The van der Waals surface area contributed by atoms with Crippen LogP contribution in [0.4, 0.5) is 0 Å². The Morgan fingerprint density at radius 2 is 1.33 bits per heavy atom. The summed E-state index contributed by atoms with van der Waals surface area (Å²) in [6.45, 7) is 27.6. The Kier molecular flexibility index (Phi) is 201. The van der Waals surface area contributed by atoms with Crippen molar-refractivity contribution < 1.29 is 42.7 Å². The van der Waals surface area contributed by atoms with Crippen LogP contribution < -0.4 is 0 Å². The first-order valence-electron chi connectivity index (χ1n) is 3.80. The Morgan fingerprint density at radius 1 is 1.06 bits per heavy atom. The molecule has 0 heterocycles. The molecule has 0 bridgehead atoms. The molecule has 0 spiro atoms. The molecule has 0 rings (SSSR count). The predicted molar refractivity (Wildman–Crippen MR) is 58.4 cm³/mol. The summed E-state index contributed by atoms with van der Waals surface area (Å²) in [6.07, 6.45) is 3.98. The Bertz CT molecular complexity index is 204. The van der Waals surface area contributed by atoms with Gasteiger partial charge in [-0.2, -0.15) is 0 Å². The van der Waals surface area contributed by atoms with Crippen molar-refractivity contribution in [1.82, 2.24) is 0 Å². The van der Waals surface area contributed by atoms with Gasteiger partial charge in [0.15, 0.2) is 0 Å². The second kappa shape index (κ2) is 101. The Hall–Kier alpha value is -1.04. The molecule has 0 aliphatic heterocycles. The van der Waals surface area contributed by atoms with Gasteiger partial charge in [0.1, 0.15) is 0 Å². The first-order chi connectivity index (χ1) is 8.81. The van der Waals surface area contributed by atoms with Gasteiger partial charge in [0.2, 0.25) is 0 Å². The topological polar surface area (TPSA) is 88.8 Å².